The van der Waals surface area contributed by atoms with Crippen LogP contribution in [0.15, 0.2) is 60.7 Å². The molecule has 3 aromatic carbocycles. The molecule has 0 atom stereocenters. The average molecular weight is 431 g/mol. The Hall–Kier alpha value is -2.46. The van der Waals surface area contributed by atoms with Crippen molar-refractivity contribution in [3.63, 3.8) is 0 Å². The van der Waals surface area contributed by atoms with E-state index < -0.39 is 0 Å². The topological polar surface area (TPSA) is 38.3 Å². The van der Waals surface area contributed by atoms with Gasteiger partial charge in [0.15, 0.2) is 5.75 Å². The molecule has 1 heterocycles. The number of benzene rings is 3. The van der Waals surface area contributed by atoms with Crippen molar-refractivity contribution in [2.75, 3.05) is 5.32 Å². The first-order valence-corrected chi connectivity index (χ1v) is 9.63. The van der Waals surface area contributed by atoms with Crippen LogP contribution in [0.1, 0.15) is 16.7 Å². The fourth-order valence-electron chi connectivity index (χ4n) is 2.99. The Bertz CT molecular complexity index is 1070. The minimum atomic E-state index is -0.156. The average Bonchev–Trinajstić information content (AvgIpc) is 2.98. The van der Waals surface area contributed by atoms with Gasteiger partial charge in [0.2, 0.25) is 0 Å². The Morgan fingerprint density at radius 3 is 2.32 bits per heavy atom. The molecule has 0 radical (unpaired) electrons. The SMILES string of the molecule is O=C1Nc2ccccc2/C1=C/c1cc(Cl)c(OCc2ccc(Cl)cc2)c(Cl)c1. The van der Waals surface area contributed by atoms with E-state index in [9.17, 15) is 4.79 Å². The van der Waals surface area contributed by atoms with Gasteiger partial charge in [0, 0.05) is 21.8 Å². The van der Waals surface area contributed by atoms with Crippen LogP contribution in [0.4, 0.5) is 5.69 Å². The quantitative estimate of drug-likeness (QED) is 0.467. The zero-order valence-electron chi connectivity index (χ0n) is 14.5. The number of ether oxygens (including phenoxy) is 1. The maximum atomic E-state index is 12.3. The van der Waals surface area contributed by atoms with Crippen LogP contribution in [0.2, 0.25) is 15.1 Å². The number of para-hydroxylation sites is 1. The fraction of sp³-hybridized carbons (Fsp3) is 0.0455. The van der Waals surface area contributed by atoms with Crippen LogP contribution >= 0.6 is 34.8 Å². The summed E-state index contributed by atoms with van der Waals surface area (Å²) >= 11 is 18.7. The molecule has 1 aliphatic heterocycles. The van der Waals surface area contributed by atoms with E-state index in [1.54, 1.807) is 30.3 Å². The van der Waals surface area contributed by atoms with E-state index in [0.29, 0.717) is 33.0 Å². The summed E-state index contributed by atoms with van der Waals surface area (Å²) in [5.74, 6) is 0.244. The highest BCUT2D eigenvalue weighted by Gasteiger charge is 2.23. The lowest BCUT2D eigenvalue weighted by Gasteiger charge is -2.11. The van der Waals surface area contributed by atoms with Crippen LogP contribution in [-0.2, 0) is 11.4 Å². The van der Waals surface area contributed by atoms with E-state index >= 15 is 0 Å². The molecule has 6 heteroatoms. The number of carbonyl (C=O) groups excluding carboxylic acids is 1. The van der Waals surface area contributed by atoms with Gasteiger partial charge in [-0.15, -0.1) is 0 Å². The number of anilines is 1. The predicted octanol–water partition coefficient (Wildman–Crippen LogP) is 6.72. The molecule has 1 N–H and O–H groups in total. The summed E-state index contributed by atoms with van der Waals surface area (Å²) in [6.45, 7) is 0.312. The van der Waals surface area contributed by atoms with E-state index in [2.05, 4.69) is 5.32 Å². The molecule has 0 bridgehead atoms. The highest BCUT2D eigenvalue weighted by molar-refractivity contribution is 6.38. The van der Waals surface area contributed by atoms with Crippen molar-refractivity contribution in [3.05, 3.63) is 92.4 Å². The van der Waals surface area contributed by atoms with Gasteiger partial charge >= 0.3 is 0 Å². The van der Waals surface area contributed by atoms with Crippen LogP contribution in [0.5, 0.6) is 5.75 Å². The first kappa shape index (κ1) is 18.9. The van der Waals surface area contributed by atoms with Gasteiger partial charge in [-0.2, -0.15) is 0 Å². The van der Waals surface area contributed by atoms with Gasteiger partial charge in [0.25, 0.3) is 5.91 Å². The van der Waals surface area contributed by atoms with Gasteiger partial charge in [-0.05, 0) is 47.5 Å². The third-order valence-corrected chi connectivity index (χ3v) is 5.15. The lowest BCUT2D eigenvalue weighted by atomic mass is 10.0. The van der Waals surface area contributed by atoms with Gasteiger partial charge in [-0.3, -0.25) is 4.79 Å². The van der Waals surface area contributed by atoms with Crippen molar-refractivity contribution < 1.29 is 9.53 Å². The summed E-state index contributed by atoms with van der Waals surface area (Å²) in [5.41, 5.74) is 3.87. The molecular formula is C22H14Cl3NO2. The van der Waals surface area contributed by atoms with Crippen LogP contribution in [-0.4, -0.2) is 5.91 Å². The van der Waals surface area contributed by atoms with E-state index in [0.717, 1.165) is 22.4 Å². The number of amides is 1. The zero-order valence-corrected chi connectivity index (χ0v) is 16.8. The summed E-state index contributed by atoms with van der Waals surface area (Å²) < 4.78 is 5.79. The molecule has 0 unspecified atom stereocenters. The third kappa shape index (κ3) is 3.88. The standard InChI is InChI=1S/C22H14Cl3NO2/c23-15-7-5-13(6-8-15)12-28-21-18(24)10-14(11-19(21)25)9-17-16-3-1-2-4-20(16)26-22(17)27/h1-11H,12H2,(H,26,27)/b17-9-. The maximum Gasteiger partial charge on any atom is 0.256 e. The van der Waals surface area contributed by atoms with Gasteiger partial charge in [0.1, 0.15) is 6.61 Å². The van der Waals surface area contributed by atoms with Crippen molar-refractivity contribution in [3.8, 4) is 5.75 Å². The summed E-state index contributed by atoms with van der Waals surface area (Å²) in [5, 5.41) is 4.26. The Labute approximate surface area is 177 Å². The summed E-state index contributed by atoms with van der Waals surface area (Å²) in [4.78, 5) is 12.3. The molecule has 140 valence electrons. The third-order valence-electron chi connectivity index (χ3n) is 4.34. The molecule has 1 amide bonds. The van der Waals surface area contributed by atoms with Crippen molar-refractivity contribution in [2.24, 2.45) is 0 Å². The fourth-order valence-corrected chi connectivity index (χ4v) is 3.72. The van der Waals surface area contributed by atoms with E-state index in [1.165, 1.54) is 0 Å². The van der Waals surface area contributed by atoms with Crippen molar-refractivity contribution in [2.45, 2.75) is 6.61 Å². The molecule has 3 aromatic rings. The van der Waals surface area contributed by atoms with Gasteiger partial charge in [-0.1, -0.05) is 65.1 Å². The Kier molecular flexibility index (Phi) is 5.31. The minimum absolute atomic E-state index is 0.156. The zero-order chi connectivity index (χ0) is 19.7. The molecule has 0 saturated carbocycles. The molecule has 1 aliphatic rings. The maximum absolute atomic E-state index is 12.3. The monoisotopic (exact) mass is 429 g/mol. The number of hydrogen-bond donors (Lipinski definition) is 1. The van der Waals surface area contributed by atoms with Gasteiger partial charge < -0.3 is 10.1 Å². The normalized spacial score (nSPS) is 14.1. The Balaban J connectivity index is 1.59. The second-order valence-electron chi connectivity index (χ2n) is 6.29. The smallest absolute Gasteiger partial charge is 0.256 e. The lowest BCUT2D eigenvalue weighted by Crippen LogP contribution is -2.03. The second kappa shape index (κ2) is 7.88. The van der Waals surface area contributed by atoms with Crippen LogP contribution < -0.4 is 10.1 Å². The number of carbonyl (C=O) groups is 1. The lowest BCUT2D eigenvalue weighted by molar-refractivity contribution is -0.110. The van der Waals surface area contributed by atoms with Crippen LogP contribution in [0.25, 0.3) is 11.6 Å². The minimum Gasteiger partial charge on any atom is -0.486 e. The molecule has 0 spiro atoms. The van der Waals surface area contributed by atoms with E-state index in [1.807, 2.05) is 36.4 Å². The summed E-state index contributed by atoms with van der Waals surface area (Å²) in [6.07, 6.45) is 1.77. The highest BCUT2D eigenvalue weighted by Crippen LogP contribution is 2.37. The largest absolute Gasteiger partial charge is 0.486 e. The second-order valence-corrected chi connectivity index (χ2v) is 7.54. The van der Waals surface area contributed by atoms with Crippen molar-refractivity contribution in [1.82, 2.24) is 0 Å². The molecule has 3 nitrogen and oxygen atoms in total. The molecule has 0 fully saturated rings. The van der Waals surface area contributed by atoms with Gasteiger partial charge in [-0.25, -0.2) is 0 Å². The number of fused-ring (bicyclic) bond motifs is 1. The van der Waals surface area contributed by atoms with E-state index in [4.69, 9.17) is 39.5 Å². The molecule has 0 saturated heterocycles. The first-order valence-electron chi connectivity index (χ1n) is 8.50. The number of rotatable bonds is 4. The summed E-state index contributed by atoms with van der Waals surface area (Å²) in [7, 11) is 0. The van der Waals surface area contributed by atoms with E-state index in [-0.39, 0.29) is 5.91 Å². The Morgan fingerprint density at radius 2 is 1.61 bits per heavy atom. The van der Waals surface area contributed by atoms with Gasteiger partial charge in [0.05, 0.1) is 10.0 Å². The van der Waals surface area contributed by atoms with Crippen molar-refractivity contribution >= 4 is 58.0 Å². The Morgan fingerprint density at radius 1 is 0.929 bits per heavy atom. The van der Waals surface area contributed by atoms with Crippen LogP contribution in [0, 0.1) is 0 Å². The number of nitrogens with one attached hydrogen (secondary N) is 1. The molecule has 4 rings (SSSR count). The number of hydrogen-bond acceptors (Lipinski definition) is 2. The summed E-state index contributed by atoms with van der Waals surface area (Å²) in [6, 6.07) is 18.3. The molecule has 28 heavy (non-hydrogen) atoms. The predicted molar refractivity (Wildman–Crippen MR) is 115 cm³/mol. The molecular weight excluding hydrogens is 417 g/mol. The highest BCUT2D eigenvalue weighted by atomic mass is 35.5. The first-order chi connectivity index (χ1) is 13.5. The van der Waals surface area contributed by atoms with Crippen molar-refractivity contribution in [1.29, 1.82) is 0 Å². The molecule has 0 aliphatic carbocycles. The van der Waals surface area contributed by atoms with Crippen LogP contribution in [0.3, 0.4) is 0 Å². The molecule has 0 aromatic heterocycles. The number of halogens is 3.